The number of rotatable bonds is 5. The van der Waals surface area contributed by atoms with Crippen molar-refractivity contribution in [2.75, 3.05) is 17.9 Å². The second kappa shape index (κ2) is 9.65. The summed E-state index contributed by atoms with van der Waals surface area (Å²) in [7, 11) is 1.28. The van der Waals surface area contributed by atoms with E-state index in [-0.39, 0.29) is 11.4 Å². The van der Waals surface area contributed by atoms with E-state index in [1.54, 1.807) is 19.1 Å². The highest BCUT2D eigenvalue weighted by molar-refractivity contribution is 6.09. The van der Waals surface area contributed by atoms with E-state index in [9.17, 15) is 22.8 Å². The number of nitrogens with one attached hydrogen (secondary N) is 2. The highest BCUT2D eigenvalue weighted by Crippen LogP contribution is 2.32. The smallest absolute Gasteiger partial charge is 0.416 e. The van der Waals surface area contributed by atoms with Gasteiger partial charge in [-0.1, -0.05) is 6.07 Å². The molecule has 1 aromatic heterocycles. The summed E-state index contributed by atoms with van der Waals surface area (Å²) in [6, 6.07) is 11.0. The molecule has 0 radical (unpaired) electrons. The molecule has 0 saturated heterocycles. The lowest BCUT2D eigenvalue weighted by Crippen LogP contribution is -2.14. The van der Waals surface area contributed by atoms with Gasteiger partial charge in [0, 0.05) is 23.2 Å². The zero-order valence-electron chi connectivity index (χ0n) is 19.0. The van der Waals surface area contributed by atoms with E-state index in [1.165, 1.54) is 31.4 Å². The fourth-order valence-corrected chi connectivity index (χ4v) is 3.89. The fraction of sp³-hybridized carbons (Fsp3) is 0.240. The number of carbonyl (C=O) groups excluding carboxylic acids is 2. The average molecular weight is 485 g/mol. The molecule has 4 rings (SSSR count). The molecule has 1 heterocycles. The standard InChI is InChI=1S/C25H22F3N3O4/c1-14-21-19(31-30-18-6-3-5-16(13-18)25(26,27)28)7-4-8-20(21)35-22(14)23(32)29-17-11-9-15(10-12-17)24(33)34-2/h3,5-6,9-13,30H,4,7-8H2,1-2H3,(H,29,32)/b31-19+. The Hall–Kier alpha value is -4.08. The van der Waals surface area contributed by atoms with Crippen molar-refractivity contribution in [3.63, 3.8) is 0 Å². The number of halogens is 3. The van der Waals surface area contributed by atoms with E-state index in [2.05, 4.69) is 20.6 Å². The van der Waals surface area contributed by atoms with Crippen LogP contribution in [0.3, 0.4) is 0 Å². The molecule has 3 aromatic rings. The molecule has 0 fully saturated rings. The quantitative estimate of drug-likeness (QED) is 0.352. The van der Waals surface area contributed by atoms with Crippen LogP contribution in [0.25, 0.3) is 0 Å². The van der Waals surface area contributed by atoms with Crippen LogP contribution in [0.2, 0.25) is 0 Å². The number of hydrazone groups is 1. The number of esters is 1. The summed E-state index contributed by atoms with van der Waals surface area (Å²) in [6.07, 6.45) is -2.54. The van der Waals surface area contributed by atoms with Gasteiger partial charge in [-0.25, -0.2) is 4.79 Å². The Balaban J connectivity index is 1.54. The SMILES string of the molecule is COC(=O)c1ccc(NC(=O)c2oc3c(c2C)/C(=N/Nc2cccc(C(F)(F)F)c2)CCC3)cc1. The summed E-state index contributed by atoms with van der Waals surface area (Å²) in [6.45, 7) is 1.74. The Morgan fingerprint density at radius 2 is 1.80 bits per heavy atom. The third-order valence-electron chi connectivity index (χ3n) is 5.61. The lowest BCUT2D eigenvalue weighted by atomic mass is 9.93. The minimum Gasteiger partial charge on any atom is -0.465 e. The first-order chi connectivity index (χ1) is 16.7. The van der Waals surface area contributed by atoms with Crippen molar-refractivity contribution in [2.45, 2.75) is 32.4 Å². The van der Waals surface area contributed by atoms with Gasteiger partial charge in [0.25, 0.3) is 5.91 Å². The number of anilines is 2. The van der Waals surface area contributed by atoms with Crippen molar-refractivity contribution in [1.82, 2.24) is 0 Å². The summed E-state index contributed by atoms with van der Waals surface area (Å²) < 4.78 is 49.5. The Morgan fingerprint density at radius 3 is 2.49 bits per heavy atom. The third-order valence-corrected chi connectivity index (χ3v) is 5.61. The van der Waals surface area contributed by atoms with Crippen molar-refractivity contribution in [1.29, 1.82) is 0 Å². The number of carbonyl (C=O) groups is 2. The fourth-order valence-electron chi connectivity index (χ4n) is 3.89. The maximum atomic E-state index is 13.0. The summed E-state index contributed by atoms with van der Waals surface area (Å²) in [4.78, 5) is 24.5. The molecule has 182 valence electrons. The Labute approximate surface area is 199 Å². The first-order valence-electron chi connectivity index (χ1n) is 10.8. The average Bonchev–Trinajstić information content (AvgIpc) is 3.19. The predicted octanol–water partition coefficient (Wildman–Crippen LogP) is 5.80. The van der Waals surface area contributed by atoms with Crippen LogP contribution in [0.5, 0.6) is 0 Å². The van der Waals surface area contributed by atoms with Gasteiger partial charge < -0.3 is 14.5 Å². The number of ether oxygens (including phenoxy) is 1. The second-order valence-corrected chi connectivity index (χ2v) is 7.98. The molecule has 2 N–H and O–H groups in total. The molecular formula is C25H22F3N3O4. The minimum atomic E-state index is -4.45. The van der Waals surface area contributed by atoms with Crippen molar-refractivity contribution < 1.29 is 31.9 Å². The highest BCUT2D eigenvalue weighted by atomic mass is 19.4. The molecule has 0 atom stereocenters. The van der Waals surface area contributed by atoms with Crippen LogP contribution < -0.4 is 10.7 Å². The van der Waals surface area contributed by atoms with Gasteiger partial charge in [0.05, 0.1) is 29.6 Å². The van der Waals surface area contributed by atoms with Crippen LogP contribution in [-0.2, 0) is 17.3 Å². The first kappa shape index (κ1) is 24.1. The molecule has 35 heavy (non-hydrogen) atoms. The maximum Gasteiger partial charge on any atom is 0.416 e. The van der Waals surface area contributed by atoms with E-state index in [0.29, 0.717) is 46.7 Å². The number of benzene rings is 2. The van der Waals surface area contributed by atoms with E-state index in [4.69, 9.17) is 4.42 Å². The molecule has 0 saturated carbocycles. The summed E-state index contributed by atoms with van der Waals surface area (Å²) in [5, 5.41) is 7.07. The van der Waals surface area contributed by atoms with Gasteiger partial charge in [0.15, 0.2) is 5.76 Å². The molecular weight excluding hydrogens is 463 g/mol. The predicted molar refractivity (Wildman–Crippen MR) is 124 cm³/mol. The van der Waals surface area contributed by atoms with Crippen LogP contribution in [0.1, 0.15) is 56.2 Å². The van der Waals surface area contributed by atoms with Crippen molar-refractivity contribution in [3.05, 3.63) is 82.3 Å². The summed E-state index contributed by atoms with van der Waals surface area (Å²) in [5.41, 5.74) is 4.83. The monoisotopic (exact) mass is 485 g/mol. The first-order valence-corrected chi connectivity index (χ1v) is 10.8. The number of amides is 1. The van der Waals surface area contributed by atoms with Gasteiger partial charge in [-0.2, -0.15) is 18.3 Å². The van der Waals surface area contributed by atoms with E-state index in [1.807, 2.05) is 0 Å². The van der Waals surface area contributed by atoms with Gasteiger partial charge in [0.2, 0.25) is 0 Å². The molecule has 1 amide bonds. The normalized spacial score (nSPS) is 14.4. The molecule has 2 aromatic carbocycles. The molecule has 1 aliphatic carbocycles. The summed E-state index contributed by atoms with van der Waals surface area (Å²) >= 11 is 0. The molecule has 0 unspecified atom stereocenters. The van der Waals surface area contributed by atoms with E-state index < -0.39 is 23.6 Å². The summed E-state index contributed by atoms with van der Waals surface area (Å²) in [5.74, 6) is -0.221. The Bertz CT molecular complexity index is 1290. The number of hydrogen-bond acceptors (Lipinski definition) is 6. The largest absolute Gasteiger partial charge is 0.465 e. The van der Waals surface area contributed by atoms with Gasteiger partial charge in [-0.05, 0) is 62.2 Å². The zero-order valence-corrected chi connectivity index (χ0v) is 19.0. The lowest BCUT2D eigenvalue weighted by Gasteiger charge is -2.14. The number of hydrogen-bond donors (Lipinski definition) is 2. The molecule has 0 aliphatic heterocycles. The minimum absolute atomic E-state index is 0.126. The number of furan rings is 1. The molecule has 7 nitrogen and oxygen atoms in total. The lowest BCUT2D eigenvalue weighted by molar-refractivity contribution is -0.137. The molecule has 0 spiro atoms. The van der Waals surface area contributed by atoms with Gasteiger partial charge in [-0.15, -0.1) is 0 Å². The van der Waals surface area contributed by atoms with Crippen molar-refractivity contribution >= 4 is 29.0 Å². The number of alkyl halides is 3. The van der Waals surface area contributed by atoms with E-state index >= 15 is 0 Å². The van der Waals surface area contributed by atoms with Crippen molar-refractivity contribution in [3.8, 4) is 0 Å². The number of fused-ring (bicyclic) bond motifs is 1. The van der Waals surface area contributed by atoms with Crippen LogP contribution in [-0.4, -0.2) is 24.7 Å². The van der Waals surface area contributed by atoms with Crippen LogP contribution in [0, 0.1) is 6.92 Å². The highest BCUT2D eigenvalue weighted by Gasteiger charge is 2.31. The second-order valence-electron chi connectivity index (χ2n) is 7.98. The Kier molecular flexibility index (Phi) is 6.63. The molecule has 0 bridgehead atoms. The zero-order chi connectivity index (χ0) is 25.2. The number of nitrogens with zero attached hydrogens (tertiary/aromatic N) is 1. The van der Waals surface area contributed by atoms with Crippen molar-refractivity contribution in [2.24, 2.45) is 5.10 Å². The van der Waals surface area contributed by atoms with Gasteiger partial charge in [0.1, 0.15) is 5.76 Å². The van der Waals surface area contributed by atoms with Crippen LogP contribution in [0.15, 0.2) is 58.0 Å². The van der Waals surface area contributed by atoms with Crippen LogP contribution in [0.4, 0.5) is 24.5 Å². The topological polar surface area (TPSA) is 92.9 Å². The number of aryl methyl sites for hydroxylation is 1. The third kappa shape index (κ3) is 5.21. The maximum absolute atomic E-state index is 13.0. The Morgan fingerprint density at radius 1 is 1.06 bits per heavy atom. The molecule has 1 aliphatic rings. The van der Waals surface area contributed by atoms with Gasteiger partial charge >= 0.3 is 12.1 Å². The number of methoxy groups -OCH3 is 1. The van der Waals surface area contributed by atoms with Crippen LogP contribution >= 0.6 is 0 Å². The van der Waals surface area contributed by atoms with Gasteiger partial charge in [-0.3, -0.25) is 10.2 Å². The molecule has 10 heteroatoms. The van der Waals surface area contributed by atoms with E-state index in [0.717, 1.165) is 18.6 Å².